The molecule has 2 aromatic heterocycles. The van der Waals surface area contributed by atoms with Crippen LogP contribution in [0.25, 0.3) is 22.3 Å². The summed E-state index contributed by atoms with van der Waals surface area (Å²) in [6.45, 7) is 12.0. The van der Waals surface area contributed by atoms with Gasteiger partial charge in [0.05, 0.1) is 17.1 Å². The van der Waals surface area contributed by atoms with Gasteiger partial charge in [-0.15, -0.1) is 0 Å². The Morgan fingerprint density at radius 1 is 0.976 bits per heavy atom. The zero-order chi connectivity index (χ0) is 30.9. The number of halogens is 2. The largest absolute Gasteiger partial charge is 0.455 e. The number of benzene rings is 2. The van der Waals surface area contributed by atoms with E-state index in [2.05, 4.69) is 21.2 Å². The molecule has 220 valence electrons. The molecule has 42 heavy (non-hydrogen) atoms. The summed E-state index contributed by atoms with van der Waals surface area (Å²) >= 11 is 0. The van der Waals surface area contributed by atoms with Crippen LogP contribution in [-0.2, 0) is 4.74 Å². The summed E-state index contributed by atoms with van der Waals surface area (Å²) in [5, 5.41) is 3.57. The normalized spacial score (nSPS) is 12.1. The molecule has 0 radical (unpaired) electrons. The quantitative estimate of drug-likeness (QED) is 0.234. The lowest BCUT2D eigenvalue weighted by Gasteiger charge is -2.21. The Morgan fingerprint density at radius 3 is 2.36 bits per heavy atom. The molecule has 9 nitrogen and oxygen atoms in total. The number of rotatable bonds is 5. The zero-order valence-corrected chi connectivity index (χ0v) is 24.4. The van der Waals surface area contributed by atoms with Crippen LogP contribution >= 0.6 is 0 Å². The summed E-state index contributed by atoms with van der Waals surface area (Å²) in [6.07, 6.45) is -0.834. The van der Waals surface area contributed by atoms with Crippen molar-refractivity contribution in [3.8, 4) is 11.3 Å². The lowest BCUT2D eigenvalue weighted by atomic mass is 9.98. The molecule has 0 spiro atoms. The number of carbonyl (C=O) groups is 2. The predicted molar refractivity (Wildman–Crippen MR) is 155 cm³/mol. The van der Waals surface area contributed by atoms with Crippen LogP contribution < -0.4 is 21.6 Å². The molecule has 3 N–H and O–H groups in total. The minimum absolute atomic E-state index is 0.00893. The van der Waals surface area contributed by atoms with Crippen LogP contribution in [0.3, 0.4) is 0 Å². The number of pyridine rings is 1. The molecule has 11 heteroatoms. The first-order valence-corrected chi connectivity index (χ1v) is 13.2. The molecule has 0 fully saturated rings. The molecule has 0 aliphatic carbocycles. The maximum atomic E-state index is 14.0. The average molecular weight is 579 g/mol. The summed E-state index contributed by atoms with van der Waals surface area (Å²) in [7, 11) is 0. The third-order valence-electron chi connectivity index (χ3n) is 6.34. The highest BCUT2D eigenvalue weighted by Crippen LogP contribution is 2.33. The first kappa shape index (κ1) is 30.2. The van der Waals surface area contributed by atoms with E-state index >= 15 is 0 Å². The van der Waals surface area contributed by atoms with Crippen molar-refractivity contribution in [3.05, 3.63) is 92.4 Å². The monoisotopic (exact) mass is 578 g/mol. The van der Waals surface area contributed by atoms with Crippen LogP contribution in [-0.4, -0.2) is 22.6 Å². The fraction of sp³-hybridized carbons (Fsp3) is 0.290. The summed E-state index contributed by atoms with van der Waals surface area (Å²) in [6, 6.07) is 9.70. The molecule has 2 amide bonds. The van der Waals surface area contributed by atoms with Crippen molar-refractivity contribution in [1.29, 1.82) is 0 Å². The summed E-state index contributed by atoms with van der Waals surface area (Å²) in [5.41, 5.74) is 6.49. The molecule has 4 aromatic rings. The fourth-order valence-electron chi connectivity index (χ4n) is 4.43. The Kier molecular flexibility index (Phi) is 8.33. The van der Waals surface area contributed by atoms with Crippen molar-refractivity contribution in [2.75, 3.05) is 5.32 Å². The number of nitrogens with one attached hydrogen (secondary N) is 3. The molecule has 0 saturated carbocycles. The van der Waals surface area contributed by atoms with E-state index in [1.165, 1.54) is 6.07 Å². The molecule has 4 rings (SSSR count). The Labute approximate surface area is 241 Å². The van der Waals surface area contributed by atoms with E-state index in [-0.39, 0.29) is 33.6 Å². The molecule has 0 saturated heterocycles. The zero-order valence-electron chi connectivity index (χ0n) is 24.4. The summed E-state index contributed by atoms with van der Waals surface area (Å²) < 4.78 is 39.0. The SMILES string of the molecule is Cc1cc([C@@H](C)Nc2ccc(C)nc2C(=O)NNC(=O)OC(C)(C)C)c2oc(-c3ccc(F)c(F)c3)c(C)c(=O)c2c1. The van der Waals surface area contributed by atoms with Gasteiger partial charge in [0.2, 0.25) is 0 Å². The molecular formula is C31H32F2N4O5. The number of ether oxygens (including phenoxy) is 1. The first-order valence-electron chi connectivity index (χ1n) is 13.2. The highest BCUT2D eigenvalue weighted by atomic mass is 19.2. The number of hydrogen-bond acceptors (Lipinski definition) is 7. The van der Waals surface area contributed by atoms with Crippen molar-refractivity contribution < 1.29 is 27.5 Å². The van der Waals surface area contributed by atoms with Crippen molar-refractivity contribution in [1.82, 2.24) is 15.8 Å². The number of hydrogen-bond donors (Lipinski definition) is 3. The number of aromatic nitrogens is 1. The first-order chi connectivity index (χ1) is 19.6. The summed E-state index contributed by atoms with van der Waals surface area (Å²) in [5.74, 6) is -2.64. The average Bonchev–Trinajstić information content (AvgIpc) is 2.90. The van der Waals surface area contributed by atoms with E-state index in [4.69, 9.17) is 9.15 Å². The standard InChI is InChI=1S/C31H32F2N4O5/c1-15-12-20(28-21(13-15)26(38)17(3)27(41-28)19-9-10-22(32)23(33)14-19)18(4)35-24-11-8-16(2)34-25(24)29(39)36-37-30(40)42-31(5,6)7/h8-14,18,35H,1-7H3,(H,36,39)(H,37,40)/t18-/m1/s1. The molecule has 1 atom stereocenters. The van der Waals surface area contributed by atoms with Crippen molar-refractivity contribution in [3.63, 3.8) is 0 Å². The Hall–Kier alpha value is -4.80. The van der Waals surface area contributed by atoms with Gasteiger partial charge in [0, 0.05) is 22.4 Å². The van der Waals surface area contributed by atoms with Gasteiger partial charge in [-0.2, -0.15) is 0 Å². The van der Waals surface area contributed by atoms with E-state index in [0.29, 0.717) is 22.3 Å². The van der Waals surface area contributed by atoms with Crippen LogP contribution in [0, 0.1) is 32.4 Å². The van der Waals surface area contributed by atoms with Crippen LogP contribution in [0.2, 0.25) is 0 Å². The highest BCUT2D eigenvalue weighted by molar-refractivity contribution is 5.98. The minimum Gasteiger partial charge on any atom is -0.455 e. The van der Waals surface area contributed by atoms with E-state index in [0.717, 1.165) is 17.7 Å². The van der Waals surface area contributed by atoms with Crippen LogP contribution in [0.5, 0.6) is 0 Å². The van der Waals surface area contributed by atoms with Gasteiger partial charge >= 0.3 is 6.09 Å². The third-order valence-corrected chi connectivity index (χ3v) is 6.34. The van der Waals surface area contributed by atoms with Gasteiger partial charge in [-0.25, -0.2) is 24.0 Å². The highest BCUT2D eigenvalue weighted by Gasteiger charge is 2.23. The Morgan fingerprint density at radius 2 is 1.69 bits per heavy atom. The second kappa shape index (κ2) is 11.6. The van der Waals surface area contributed by atoms with Gasteiger partial charge in [-0.3, -0.25) is 15.0 Å². The van der Waals surface area contributed by atoms with Crippen molar-refractivity contribution >= 4 is 28.7 Å². The maximum absolute atomic E-state index is 14.0. The van der Waals surface area contributed by atoms with Gasteiger partial charge < -0.3 is 14.5 Å². The van der Waals surface area contributed by atoms with Gasteiger partial charge in [0.25, 0.3) is 5.91 Å². The van der Waals surface area contributed by atoms with Crippen LogP contribution in [0.15, 0.2) is 51.7 Å². The molecule has 0 aliphatic heterocycles. The number of anilines is 1. The van der Waals surface area contributed by atoms with Gasteiger partial charge in [0.1, 0.15) is 16.9 Å². The second-order valence-corrected chi connectivity index (χ2v) is 11.0. The number of aryl methyl sites for hydroxylation is 2. The van der Waals surface area contributed by atoms with Gasteiger partial charge in [-0.05, 0) is 90.4 Å². The van der Waals surface area contributed by atoms with E-state index < -0.39 is 35.3 Å². The van der Waals surface area contributed by atoms with E-state index in [9.17, 15) is 23.2 Å². The fourth-order valence-corrected chi connectivity index (χ4v) is 4.43. The molecular weight excluding hydrogens is 546 g/mol. The second-order valence-electron chi connectivity index (χ2n) is 11.0. The minimum atomic E-state index is -1.06. The molecule has 0 unspecified atom stereocenters. The molecule has 2 aromatic carbocycles. The molecule has 0 aliphatic rings. The van der Waals surface area contributed by atoms with Gasteiger partial charge in [-0.1, -0.05) is 6.07 Å². The maximum Gasteiger partial charge on any atom is 0.426 e. The molecule has 2 heterocycles. The lowest BCUT2D eigenvalue weighted by molar-refractivity contribution is 0.0483. The van der Waals surface area contributed by atoms with E-state index in [1.54, 1.807) is 52.8 Å². The predicted octanol–water partition coefficient (Wildman–Crippen LogP) is 6.40. The smallest absolute Gasteiger partial charge is 0.426 e. The summed E-state index contributed by atoms with van der Waals surface area (Å²) in [4.78, 5) is 42.8. The number of fused-ring (bicyclic) bond motifs is 1. The Balaban J connectivity index is 1.72. The number of amides is 2. The van der Waals surface area contributed by atoms with E-state index in [1.807, 2.05) is 19.9 Å². The van der Waals surface area contributed by atoms with Crippen LogP contribution in [0.1, 0.15) is 66.6 Å². The van der Waals surface area contributed by atoms with Crippen molar-refractivity contribution in [2.24, 2.45) is 0 Å². The topological polar surface area (TPSA) is 123 Å². The molecule has 0 bridgehead atoms. The number of carbonyl (C=O) groups excluding carboxylic acids is 2. The van der Waals surface area contributed by atoms with Crippen molar-refractivity contribution in [2.45, 2.75) is 60.1 Å². The third kappa shape index (κ3) is 6.56. The number of hydrazine groups is 1. The number of nitrogens with zero attached hydrogens (tertiary/aromatic N) is 1. The Bertz CT molecular complexity index is 1760. The van der Waals surface area contributed by atoms with Gasteiger partial charge in [0.15, 0.2) is 22.8 Å². The van der Waals surface area contributed by atoms with Crippen LogP contribution in [0.4, 0.5) is 19.3 Å². The lowest BCUT2D eigenvalue weighted by Crippen LogP contribution is -2.44.